The number of hydrogen-bond donors (Lipinski definition) is 1. The number of rotatable bonds is 7. The normalized spacial score (nSPS) is 12.7. The Labute approximate surface area is 119 Å². The van der Waals surface area contributed by atoms with Crippen LogP contribution < -0.4 is 5.32 Å². The molecule has 4 heteroatoms. The van der Waals surface area contributed by atoms with Gasteiger partial charge in [0.25, 0.3) is 0 Å². The van der Waals surface area contributed by atoms with E-state index in [-0.39, 0.29) is 11.9 Å². The average molecular weight is 278 g/mol. The van der Waals surface area contributed by atoms with Crippen molar-refractivity contribution in [1.29, 1.82) is 5.26 Å². The molecule has 1 atom stereocenters. The van der Waals surface area contributed by atoms with E-state index in [1.54, 1.807) is 11.3 Å². The average Bonchev–Trinajstić information content (AvgIpc) is 2.92. The first-order valence-electron chi connectivity index (χ1n) is 6.85. The molecule has 1 rings (SSSR count). The van der Waals surface area contributed by atoms with E-state index in [4.69, 9.17) is 0 Å². The van der Waals surface area contributed by atoms with Crippen LogP contribution in [0.5, 0.6) is 0 Å². The van der Waals surface area contributed by atoms with Gasteiger partial charge in [-0.1, -0.05) is 32.8 Å². The molecule has 0 fully saturated rings. The lowest BCUT2D eigenvalue weighted by Gasteiger charge is -2.26. The molecule has 0 aliphatic rings. The molecule has 1 unspecified atom stereocenters. The van der Waals surface area contributed by atoms with E-state index < -0.39 is 5.41 Å². The molecule has 0 aliphatic heterocycles. The van der Waals surface area contributed by atoms with Gasteiger partial charge in [-0.05, 0) is 31.2 Å². The van der Waals surface area contributed by atoms with Crippen LogP contribution in [-0.4, -0.2) is 5.91 Å². The van der Waals surface area contributed by atoms with Crippen LogP contribution in [0.15, 0.2) is 17.5 Å². The van der Waals surface area contributed by atoms with Crippen LogP contribution in [0.1, 0.15) is 57.4 Å². The number of nitrogens with one attached hydrogen (secondary N) is 1. The van der Waals surface area contributed by atoms with E-state index in [9.17, 15) is 10.1 Å². The fraction of sp³-hybridized carbons (Fsp3) is 0.600. The van der Waals surface area contributed by atoms with Crippen LogP contribution in [0, 0.1) is 16.7 Å². The summed E-state index contributed by atoms with van der Waals surface area (Å²) in [6.07, 6.45) is 2.93. The minimum atomic E-state index is -0.866. The third-order valence-electron chi connectivity index (χ3n) is 3.32. The summed E-state index contributed by atoms with van der Waals surface area (Å²) in [4.78, 5) is 13.6. The molecule has 1 aromatic heterocycles. The highest BCUT2D eigenvalue weighted by molar-refractivity contribution is 7.10. The van der Waals surface area contributed by atoms with Crippen molar-refractivity contribution in [3.63, 3.8) is 0 Å². The van der Waals surface area contributed by atoms with Crippen LogP contribution in [0.2, 0.25) is 0 Å². The Balaban J connectivity index is 2.80. The van der Waals surface area contributed by atoms with Crippen LogP contribution in [0.25, 0.3) is 0 Å². The third kappa shape index (κ3) is 3.81. The predicted molar refractivity (Wildman–Crippen MR) is 78.7 cm³/mol. The van der Waals surface area contributed by atoms with Gasteiger partial charge in [-0.2, -0.15) is 5.26 Å². The lowest BCUT2D eigenvalue weighted by atomic mass is 9.79. The second kappa shape index (κ2) is 7.30. The molecule has 0 aliphatic carbocycles. The van der Waals surface area contributed by atoms with E-state index in [0.29, 0.717) is 12.8 Å². The van der Waals surface area contributed by atoms with Crippen LogP contribution in [-0.2, 0) is 4.79 Å². The zero-order valence-corrected chi connectivity index (χ0v) is 12.7. The number of carbonyl (C=O) groups excluding carboxylic acids is 1. The summed E-state index contributed by atoms with van der Waals surface area (Å²) in [6.45, 7) is 5.99. The zero-order valence-electron chi connectivity index (χ0n) is 11.9. The molecule has 1 amide bonds. The first-order valence-corrected chi connectivity index (χ1v) is 7.73. The summed E-state index contributed by atoms with van der Waals surface area (Å²) in [6, 6.07) is 6.20. The third-order valence-corrected chi connectivity index (χ3v) is 4.37. The quantitative estimate of drug-likeness (QED) is 0.818. The maximum absolute atomic E-state index is 12.5. The van der Waals surface area contributed by atoms with Crippen LogP contribution in [0.4, 0.5) is 0 Å². The Morgan fingerprint density at radius 1 is 1.47 bits per heavy atom. The number of thiophene rings is 1. The number of amides is 1. The number of nitrogens with zero attached hydrogens (tertiary/aromatic N) is 1. The first kappa shape index (κ1) is 15.7. The Morgan fingerprint density at radius 2 is 2.11 bits per heavy atom. The van der Waals surface area contributed by atoms with Gasteiger partial charge in [0.1, 0.15) is 5.41 Å². The fourth-order valence-electron chi connectivity index (χ4n) is 2.31. The van der Waals surface area contributed by atoms with Crippen LogP contribution >= 0.6 is 11.3 Å². The number of carbonyl (C=O) groups is 1. The summed E-state index contributed by atoms with van der Waals surface area (Å²) in [5, 5.41) is 14.4. The summed E-state index contributed by atoms with van der Waals surface area (Å²) in [7, 11) is 0. The van der Waals surface area contributed by atoms with Crippen molar-refractivity contribution in [2.24, 2.45) is 5.41 Å². The molecule has 1 N–H and O–H groups in total. The lowest BCUT2D eigenvalue weighted by Crippen LogP contribution is -2.41. The highest BCUT2D eigenvalue weighted by Crippen LogP contribution is 2.31. The Hall–Kier alpha value is -1.34. The molecule has 3 nitrogen and oxygen atoms in total. The zero-order chi connectivity index (χ0) is 14.3. The summed E-state index contributed by atoms with van der Waals surface area (Å²) < 4.78 is 0. The summed E-state index contributed by atoms with van der Waals surface area (Å²) in [5.41, 5.74) is -0.866. The highest BCUT2D eigenvalue weighted by atomic mass is 32.1. The van der Waals surface area contributed by atoms with Crippen molar-refractivity contribution in [2.45, 2.75) is 52.5 Å². The molecule has 0 spiro atoms. The molecule has 0 bridgehead atoms. The number of hydrogen-bond acceptors (Lipinski definition) is 3. The van der Waals surface area contributed by atoms with Gasteiger partial charge in [0.2, 0.25) is 5.91 Å². The summed E-state index contributed by atoms with van der Waals surface area (Å²) in [5.74, 6) is -0.125. The molecular weight excluding hydrogens is 256 g/mol. The van der Waals surface area contributed by atoms with Gasteiger partial charge in [0.15, 0.2) is 0 Å². The molecule has 1 aromatic rings. The van der Waals surface area contributed by atoms with Crippen molar-refractivity contribution in [3.8, 4) is 6.07 Å². The Kier molecular flexibility index (Phi) is 6.04. The highest BCUT2D eigenvalue weighted by Gasteiger charge is 2.37. The molecule has 0 radical (unpaired) electrons. The van der Waals surface area contributed by atoms with E-state index in [1.807, 2.05) is 38.3 Å². The smallest absolute Gasteiger partial charge is 0.240 e. The largest absolute Gasteiger partial charge is 0.347 e. The van der Waals surface area contributed by atoms with E-state index >= 15 is 0 Å². The second-order valence-electron chi connectivity index (χ2n) is 4.90. The van der Waals surface area contributed by atoms with Crippen molar-refractivity contribution in [1.82, 2.24) is 5.32 Å². The molecule has 0 saturated carbocycles. The van der Waals surface area contributed by atoms with E-state index in [0.717, 1.165) is 17.7 Å². The maximum atomic E-state index is 12.5. The van der Waals surface area contributed by atoms with Gasteiger partial charge in [-0.25, -0.2) is 0 Å². The van der Waals surface area contributed by atoms with E-state index in [2.05, 4.69) is 11.4 Å². The van der Waals surface area contributed by atoms with Gasteiger partial charge < -0.3 is 5.32 Å². The molecule has 0 saturated heterocycles. The van der Waals surface area contributed by atoms with Gasteiger partial charge in [-0.3, -0.25) is 4.79 Å². The lowest BCUT2D eigenvalue weighted by molar-refractivity contribution is -0.129. The minimum absolute atomic E-state index is 0.0334. The Bertz CT molecular complexity index is 427. The van der Waals surface area contributed by atoms with Crippen molar-refractivity contribution >= 4 is 17.2 Å². The molecule has 1 heterocycles. The molecule has 104 valence electrons. The SMILES string of the molecule is CCCC(C#N)(CCC)C(=O)NC(C)c1cccs1. The second-order valence-corrected chi connectivity index (χ2v) is 5.88. The molecule has 0 aromatic carbocycles. The van der Waals surface area contributed by atoms with Gasteiger partial charge in [-0.15, -0.1) is 11.3 Å². The summed E-state index contributed by atoms with van der Waals surface area (Å²) >= 11 is 1.62. The van der Waals surface area contributed by atoms with Gasteiger partial charge in [0, 0.05) is 4.88 Å². The van der Waals surface area contributed by atoms with Crippen molar-refractivity contribution in [2.75, 3.05) is 0 Å². The molecule has 19 heavy (non-hydrogen) atoms. The van der Waals surface area contributed by atoms with E-state index in [1.165, 1.54) is 0 Å². The van der Waals surface area contributed by atoms with Gasteiger partial charge in [0.05, 0.1) is 12.1 Å². The van der Waals surface area contributed by atoms with Crippen molar-refractivity contribution in [3.05, 3.63) is 22.4 Å². The minimum Gasteiger partial charge on any atom is -0.347 e. The Morgan fingerprint density at radius 3 is 2.53 bits per heavy atom. The first-order chi connectivity index (χ1) is 9.09. The standard InChI is InChI=1S/C15H22N2OS/c1-4-8-15(11-16,9-5-2)14(18)17-12(3)13-7-6-10-19-13/h6-7,10,12H,4-5,8-9H2,1-3H3,(H,17,18). The maximum Gasteiger partial charge on any atom is 0.240 e. The fourth-order valence-corrected chi connectivity index (χ4v) is 3.05. The van der Waals surface area contributed by atoms with Gasteiger partial charge >= 0.3 is 0 Å². The number of nitriles is 1. The van der Waals surface area contributed by atoms with Crippen molar-refractivity contribution < 1.29 is 4.79 Å². The van der Waals surface area contributed by atoms with Crippen LogP contribution in [0.3, 0.4) is 0 Å². The topological polar surface area (TPSA) is 52.9 Å². The predicted octanol–water partition coefficient (Wildman–Crippen LogP) is 4.04. The monoisotopic (exact) mass is 278 g/mol. The molecular formula is C15H22N2OS.